The number of carbonyl (C=O) groups excluding carboxylic acids is 2. The molecule has 2 rings (SSSR count). The smallest absolute Gasteiger partial charge is 0.255 e. The zero-order valence-electron chi connectivity index (χ0n) is 8.87. The molecule has 1 aromatic carbocycles. The number of benzene rings is 1. The van der Waals surface area contributed by atoms with Gasteiger partial charge in [0.15, 0.2) is 0 Å². The summed E-state index contributed by atoms with van der Waals surface area (Å²) in [7, 11) is 0. The van der Waals surface area contributed by atoms with E-state index in [2.05, 4.69) is 21.2 Å². The van der Waals surface area contributed by atoms with Gasteiger partial charge in [0, 0.05) is 17.6 Å². The molecule has 1 saturated heterocycles. The molecule has 2 amide bonds. The molecular formula is C11H10BrClN2O2. The van der Waals surface area contributed by atoms with E-state index in [0.29, 0.717) is 23.7 Å². The summed E-state index contributed by atoms with van der Waals surface area (Å²) in [6, 6.07) is 5.09. The monoisotopic (exact) mass is 316 g/mol. The first-order valence-corrected chi connectivity index (χ1v) is 6.26. The average Bonchev–Trinajstić information content (AvgIpc) is 2.31. The Morgan fingerprint density at radius 3 is 2.94 bits per heavy atom. The quantitative estimate of drug-likeness (QED) is 0.856. The van der Waals surface area contributed by atoms with Gasteiger partial charge >= 0.3 is 0 Å². The zero-order chi connectivity index (χ0) is 12.4. The highest BCUT2D eigenvalue weighted by Gasteiger charge is 2.23. The second kappa shape index (κ2) is 5.06. The third kappa shape index (κ3) is 2.79. The van der Waals surface area contributed by atoms with E-state index in [1.807, 2.05) is 0 Å². The molecular weight excluding hydrogens is 307 g/mol. The first-order valence-electron chi connectivity index (χ1n) is 5.09. The molecule has 4 nitrogen and oxygen atoms in total. The Hall–Kier alpha value is -1.07. The van der Waals surface area contributed by atoms with Crippen LogP contribution in [0.4, 0.5) is 0 Å². The largest absolute Gasteiger partial charge is 0.353 e. The van der Waals surface area contributed by atoms with Crippen LogP contribution in [0.1, 0.15) is 10.4 Å². The van der Waals surface area contributed by atoms with Gasteiger partial charge in [0.2, 0.25) is 5.91 Å². The van der Waals surface area contributed by atoms with E-state index in [9.17, 15) is 9.59 Å². The Kier molecular flexibility index (Phi) is 3.69. The normalized spacial score (nSPS) is 15.6. The third-order valence-electron chi connectivity index (χ3n) is 2.48. The first kappa shape index (κ1) is 12.4. The summed E-state index contributed by atoms with van der Waals surface area (Å²) < 4.78 is 0.784. The molecule has 90 valence electrons. The van der Waals surface area contributed by atoms with Gasteiger partial charge in [-0.1, -0.05) is 27.5 Å². The van der Waals surface area contributed by atoms with Crippen molar-refractivity contribution in [3.8, 4) is 0 Å². The fraction of sp³-hybridized carbons (Fsp3) is 0.273. The van der Waals surface area contributed by atoms with Crippen molar-refractivity contribution in [2.24, 2.45) is 0 Å². The lowest BCUT2D eigenvalue weighted by Gasteiger charge is -2.27. The van der Waals surface area contributed by atoms with Crippen LogP contribution in [0.2, 0.25) is 5.02 Å². The predicted molar refractivity (Wildman–Crippen MR) is 68.1 cm³/mol. The molecule has 1 heterocycles. The van der Waals surface area contributed by atoms with Crippen LogP contribution in [0.5, 0.6) is 0 Å². The minimum atomic E-state index is -0.217. The maximum Gasteiger partial charge on any atom is 0.255 e. The van der Waals surface area contributed by atoms with E-state index in [-0.39, 0.29) is 18.4 Å². The van der Waals surface area contributed by atoms with E-state index in [1.165, 1.54) is 4.90 Å². The highest BCUT2D eigenvalue weighted by atomic mass is 79.9. The summed E-state index contributed by atoms with van der Waals surface area (Å²) in [6.07, 6.45) is 0. The van der Waals surface area contributed by atoms with Crippen molar-refractivity contribution >= 4 is 39.3 Å². The molecule has 0 saturated carbocycles. The molecule has 1 N–H and O–H groups in total. The summed E-state index contributed by atoms with van der Waals surface area (Å²) in [6.45, 7) is 1.07. The van der Waals surface area contributed by atoms with Crippen LogP contribution >= 0.6 is 27.5 Å². The molecule has 0 radical (unpaired) electrons. The van der Waals surface area contributed by atoms with E-state index in [4.69, 9.17) is 11.6 Å². The number of hydrogen-bond donors (Lipinski definition) is 1. The summed E-state index contributed by atoms with van der Waals surface area (Å²) in [5, 5.41) is 3.06. The Morgan fingerprint density at radius 2 is 2.24 bits per heavy atom. The van der Waals surface area contributed by atoms with Gasteiger partial charge in [0.1, 0.15) is 0 Å². The van der Waals surface area contributed by atoms with Crippen LogP contribution in [0.25, 0.3) is 0 Å². The van der Waals surface area contributed by atoms with Crippen LogP contribution in [0.15, 0.2) is 22.7 Å². The molecule has 1 aliphatic rings. The fourth-order valence-electron chi connectivity index (χ4n) is 1.64. The Bertz CT molecular complexity index is 479. The lowest BCUT2D eigenvalue weighted by Crippen LogP contribution is -2.50. The topological polar surface area (TPSA) is 49.4 Å². The Morgan fingerprint density at radius 1 is 1.47 bits per heavy atom. The lowest BCUT2D eigenvalue weighted by atomic mass is 10.2. The van der Waals surface area contributed by atoms with Gasteiger partial charge in [0.25, 0.3) is 5.91 Å². The molecule has 0 aromatic heterocycles. The Labute approximate surface area is 112 Å². The predicted octanol–water partition coefficient (Wildman–Crippen LogP) is 1.67. The molecule has 1 fully saturated rings. The van der Waals surface area contributed by atoms with Crippen molar-refractivity contribution in [3.63, 3.8) is 0 Å². The van der Waals surface area contributed by atoms with Gasteiger partial charge < -0.3 is 10.2 Å². The molecule has 0 atom stereocenters. The minimum Gasteiger partial charge on any atom is -0.353 e. The van der Waals surface area contributed by atoms with Gasteiger partial charge in [-0.3, -0.25) is 9.59 Å². The first-order chi connectivity index (χ1) is 8.08. The van der Waals surface area contributed by atoms with Crippen LogP contribution in [-0.2, 0) is 4.79 Å². The van der Waals surface area contributed by atoms with Gasteiger partial charge in [-0.25, -0.2) is 0 Å². The van der Waals surface area contributed by atoms with E-state index in [0.717, 1.165) is 4.47 Å². The Balaban J connectivity index is 2.24. The summed E-state index contributed by atoms with van der Waals surface area (Å²) in [5.74, 6) is -0.359. The molecule has 0 unspecified atom stereocenters. The number of nitrogens with one attached hydrogen (secondary N) is 1. The summed E-state index contributed by atoms with van der Waals surface area (Å²) in [4.78, 5) is 24.9. The third-order valence-corrected chi connectivity index (χ3v) is 3.31. The van der Waals surface area contributed by atoms with Gasteiger partial charge in [-0.2, -0.15) is 0 Å². The van der Waals surface area contributed by atoms with E-state index >= 15 is 0 Å². The highest BCUT2D eigenvalue weighted by Crippen LogP contribution is 2.22. The molecule has 1 aromatic rings. The second-order valence-electron chi connectivity index (χ2n) is 3.70. The zero-order valence-corrected chi connectivity index (χ0v) is 11.2. The summed E-state index contributed by atoms with van der Waals surface area (Å²) >= 11 is 9.27. The van der Waals surface area contributed by atoms with Crippen molar-refractivity contribution in [3.05, 3.63) is 33.3 Å². The summed E-state index contributed by atoms with van der Waals surface area (Å²) in [5.41, 5.74) is 0.413. The van der Waals surface area contributed by atoms with Gasteiger partial charge in [0.05, 0.1) is 17.1 Å². The van der Waals surface area contributed by atoms with Crippen LogP contribution in [-0.4, -0.2) is 36.3 Å². The maximum absolute atomic E-state index is 12.2. The van der Waals surface area contributed by atoms with E-state index < -0.39 is 0 Å². The van der Waals surface area contributed by atoms with Crippen LogP contribution in [0, 0.1) is 0 Å². The number of piperazine rings is 1. The van der Waals surface area contributed by atoms with Gasteiger partial charge in [-0.15, -0.1) is 0 Å². The second-order valence-corrected chi connectivity index (χ2v) is 5.02. The SMILES string of the molecule is O=C1CN(C(=O)c2cc(Br)ccc2Cl)CCN1. The molecule has 0 aliphatic carbocycles. The van der Waals surface area contributed by atoms with Crippen molar-refractivity contribution < 1.29 is 9.59 Å². The van der Waals surface area contributed by atoms with Crippen LogP contribution in [0.3, 0.4) is 0 Å². The lowest BCUT2D eigenvalue weighted by molar-refractivity contribution is -0.123. The number of amides is 2. The molecule has 0 bridgehead atoms. The van der Waals surface area contributed by atoms with Crippen molar-refractivity contribution in [1.82, 2.24) is 10.2 Å². The number of carbonyl (C=O) groups is 2. The fourth-order valence-corrected chi connectivity index (χ4v) is 2.20. The molecule has 17 heavy (non-hydrogen) atoms. The number of hydrogen-bond acceptors (Lipinski definition) is 2. The highest BCUT2D eigenvalue weighted by molar-refractivity contribution is 9.10. The maximum atomic E-state index is 12.2. The number of halogens is 2. The van der Waals surface area contributed by atoms with Crippen molar-refractivity contribution in [1.29, 1.82) is 0 Å². The van der Waals surface area contributed by atoms with E-state index in [1.54, 1.807) is 18.2 Å². The van der Waals surface area contributed by atoms with Crippen LogP contribution < -0.4 is 5.32 Å². The van der Waals surface area contributed by atoms with Crippen molar-refractivity contribution in [2.75, 3.05) is 19.6 Å². The molecule has 0 spiro atoms. The molecule has 6 heteroatoms. The molecule has 1 aliphatic heterocycles. The minimum absolute atomic E-state index is 0.0850. The number of nitrogens with zero attached hydrogens (tertiary/aromatic N) is 1. The number of rotatable bonds is 1. The average molecular weight is 318 g/mol. The van der Waals surface area contributed by atoms with Crippen molar-refractivity contribution in [2.45, 2.75) is 0 Å². The van der Waals surface area contributed by atoms with Gasteiger partial charge in [-0.05, 0) is 18.2 Å². The standard InChI is InChI=1S/C11H10BrClN2O2/c12-7-1-2-9(13)8(5-7)11(17)15-4-3-14-10(16)6-15/h1-2,5H,3-4,6H2,(H,14,16).